The molecule has 0 saturated carbocycles. The topological polar surface area (TPSA) is 96.8 Å². The smallest absolute Gasteiger partial charge is 0.337 e. The second-order valence-electron chi connectivity index (χ2n) is 4.85. The summed E-state index contributed by atoms with van der Waals surface area (Å²) in [6, 6.07) is 4.19. The first-order valence-electron chi connectivity index (χ1n) is 6.64. The molecule has 10 heteroatoms. The van der Waals surface area contributed by atoms with Crippen LogP contribution in [-0.4, -0.2) is 37.6 Å². The summed E-state index contributed by atoms with van der Waals surface area (Å²) < 4.78 is 45.1. The van der Waals surface area contributed by atoms with Crippen LogP contribution in [0.25, 0.3) is 0 Å². The molecule has 1 N–H and O–H groups in total. The van der Waals surface area contributed by atoms with Gasteiger partial charge in [0.15, 0.2) is 0 Å². The highest BCUT2D eigenvalue weighted by Crippen LogP contribution is 2.34. The molecule has 0 spiro atoms. The van der Waals surface area contributed by atoms with Crippen LogP contribution in [0.15, 0.2) is 35.4 Å². The number of rotatable bonds is 3. The Morgan fingerprint density at radius 2 is 2.12 bits per heavy atom. The molecule has 7 nitrogen and oxygen atoms in total. The Morgan fingerprint density at radius 3 is 2.79 bits per heavy atom. The number of nitrogens with zero attached hydrogens (tertiary/aromatic N) is 2. The number of aromatic nitrogens is 1. The standard InChI is InChI=1S/C14H10ClFN2O5S/c15-10-6-9(1-2-11(10)16)24(21,22)18-3-4-23-13-12(18)5-8(7-17-13)14(19)20/h1-2,5-7H,3-4H2,(H,19,20). The quantitative estimate of drug-likeness (QED) is 0.886. The van der Waals surface area contributed by atoms with Crippen LogP contribution in [0, 0.1) is 5.82 Å². The molecule has 126 valence electrons. The normalized spacial score (nSPS) is 14.0. The van der Waals surface area contributed by atoms with Gasteiger partial charge in [-0.05, 0) is 24.3 Å². The number of carbonyl (C=O) groups is 1. The van der Waals surface area contributed by atoms with Gasteiger partial charge in [0.25, 0.3) is 10.0 Å². The molecule has 2 heterocycles. The zero-order valence-electron chi connectivity index (χ0n) is 11.9. The molecule has 0 bridgehead atoms. The SMILES string of the molecule is O=C(O)c1cnc2c(c1)N(S(=O)(=O)c1ccc(F)c(Cl)c1)CCO2. The maximum absolute atomic E-state index is 13.3. The molecule has 0 aliphatic carbocycles. The Bertz CT molecular complexity index is 935. The minimum atomic E-state index is -4.09. The Morgan fingerprint density at radius 1 is 1.38 bits per heavy atom. The first kappa shape index (κ1) is 16.5. The minimum absolute atomic E-state index is 0.00148. The van der Waals surface area contributed by atoms with Crippen molar-refractivity contribution in [2.24, 2.45) is 0 Å². The van der Waals surface area contributed by atoms with Crippen LogP contribution in [-0.2, 0) is 10.0 Å². The third kappa shape index (κ3) is 2.76. The van der Waals surface area contributed by atoms with Crippen molar-refractivity contribution in [3.63, 3.8) is 0 Å². The van der Waals surface area contributed by atoms with Gasteiger partial charge in [0.1, 0.15) is 18.1 Å². The van der Waals surface area contributed by atoms with E-state index in [0.29, 0.717) is 0 Å². The van der Waals surface area contributed by atoms with Crippen LogP contribution in [0.5, 0.6) is 5.88 Å². The van der Waals surface area contributed by atoms with Crippen molar-refractivity contribution in [1.29, 1.82) is 0 Å². The minimum Gasteiger partial charge on any atom is -0.478 e. The first-order valence-corrected chi connectivity index (χ1v) is 8.46. The highest BCUT2D eigenvalue weighted by Gasteiger charge is 2.32. The van der Waals surface area contributed by atoms with Crippen molar-refractivity contribution in [1.82, 2.24) is 4.98 Å². The number of halogens is 2. The molecule has 0 atom stereocenters. The lowest BCUT2D eigenvalue weighted by molar-refractivity contribution is 0.0696. The lowest BCUT2D eigenvalue weighted by Gasteiger charge is -2.29. The average Bonchev–Trinajstić information content (AvgIpc) is 2.56. The molecule has 0 fully saturated rings. The summed E-state index contributed by atoms with van der Waals surface area (Å²) in [5.41, 5.74) is -0.182. The van der Waals surface area contributed by atoms with E-state index < -0.39 is 21.8 Å². The summed E-state index contributed by atoms with van der Waals surface area (Å²) in [5, 5.41) is 8.72. The fourth-order valence-electron chi connectivity index (χ4n) is 2.21. The van der Waals surface area contributed by atoms with Crippen LogP contribution in [0.1, 0.15) is 10.4 Å². The van der Waals surface area contributed by atoms with E-state index in [0.717, 1.165) is 34.8 Å². The van der Waals surface area contributed by atoms with Gasteiger partial charge in [-0.25, -0.2) is 22.6 Å². The van der Waals surface area contributed by atoms with Gasteiger partial charge < -0.3 is 9.84 Å². The van der Waals surface area contributed by atoms with E-state index in [9.17, 15) is 17.6 Å². The van der Waals surface area contributed by atoms with E-state index in [1.54, 1.807) is 0 Å². The van der Waals surface area contributed by atoms with Crippen LogP contribution in [0.2, 0.25) is 5.02 Å². The first-order chi connectivity index (χ1) is 11.3. The predicted octanol–water partition coefficient (Wildman–Crippen LogP) is 2.16. The molecule has 1 aliphatic heterocycles. The molecular formula is C14H10ClFN2O5S. The van der Waals surface area contributed by atoms with E-state index in [1.807, 2.05) is 0 Å². The number of carboxylic acids is 1. The summed E-state index contributed by atoms with van der Waals surface area (Å²) >= 11 is 5.65. The molecule has 1 aromatic heterocycles. The number of anilines is 1. The number of pyridine rings is 1. The van der Waals surface area contributed by atoms with E-state index in [2.05, 4.69) is 4.98 Å². The number of benzene rings is 1. The highest BCUT2D eigenvalue weighted by atomic mass is 35.5. The molecule has 0 radical (unpaired) electrons. The van der Waals surface area contributed by atoms with Gasteiger partial charge in [0.2, 0.25) is 5.88 Å². The lowest BCUT2D eigenvalue weighted by Crippen LogP contribution is -2.38. The largest absolute Gasteiger partial charge is 0.478 e. The third-order valence-corrected chi connectivity index (χ3v) is 5.46. The molecule has 0 amide bonds. The molecule has 0 saturated heterocycles. The van der Waals surface area contributed by atoms with Crippen LogP contribution in [0.4, 0.5) is 10.1 Å². The van der Waals surface area contributed by atoms with E-state index >= 15 is 0 Å². The number of hydrogen-bond acceptors (Lipinski definition) is 5. The lowest BCUT2D eigenvalue weighted by atomic mass is 10.2. The summed E-state index contributed by atoms with van der Waals surface area (Å²) in [5.74, 6) is -1.99. The Hall–Kier alpha value is -2.39. The number of hydrogen-bond donors (Lipinski definition) is 1. The third-order valence-electron chi connectivity index (χ3n) is 3.36. The van der Waals surface area contributed by atoms with Gasteiger partial charge in [-0.2, -0.15) is 0 Å². The Balaban J connectivity index is 2.12. The zero-order valence-corrected chi connectivity index (χ0v) is 13.5. The molecule has 24 heavy (non-hydrogen) atoms. The van der Waals surface area contributed by atoms with E-state index in [-0.39, 0.29) is 40.2 Å². The van der Waals surface area contributed by atoms with Gasteiger partial charge in [-0.15, -0.1) is 0 Å². The van der Waals surface area contributed by atoms with Crippen molar-refractivity contribution in [3.05, 3.63) is 46.9 Å². The molecule has 3 rings (SSSR count). The number of ether oxygens (including phenoxy) is 1. The summed E-state index contributed by atoms with van der Waals surface area (Å²) in [6.07, 6.45) is 1.08. The Kier molecular flexibility index (Phi) is 4.06. The second-order valence-corrected chi connectivity index (χ2v) is 7.12. The van der Waals surface area contributed by atoms with Gasteiger partial charge in [-0.3, -0.25) is 4.31 Å². The van der Waals surface area contributed by atoms with Crippen LogP contribution < -0.4 is 9.04 Å². The maximum atomic E-state index is 13.3. The van der Waals surface area contributed by atoms with Crippen molar-refractivity contribution in [3.8, 4) is 5.88 Å². The second kappa shape index (κ2) is 5.91. The monoisotopic (exact) mass is 372 g/mol. The summed E-state index contributed by atoms with van der Waals surface area (Å²) in [6.45, 7) is -0.00431. The molecule has 0 unspecified atom stereocenters. The van der Waals surface area contributed by atoms with Gasteiger partial charge in [-0.1, -0.05) is 11.6 Å². The fourth-order valence-corrected chi connectivity index (χ4v) is 3.92. The van der Waals surface area contributed by atoms with Gasteiger partial charge in [0.05, 0.1) is 22.0 Å². The van der Waals surface area contributed by atoms with E-state index in [4.69, 9.17) is 21.4 Å². The van der Waals surface area contributed by atoms with Crippen LogP contribution >= 0.6 is 11.6 Å². The average molecular weight is 373 g/mol. The van der Waals surface area contributed by atoms with Crippen molar-refractivity contribution < 1.29 is 27.4 Å². The van der Waals surface area contributed by atoms with Crippen molar-refractivity contribution >= 4 is 33.3 Å². The molecule has 1 aliphatic rings. The van der Waals surface area contributed by atoms with Gasteiger partial charge in [0, 0.05) is 6.20 Å². The number of carboxylic acid groups (broad SMARTS) is 1. The maximum Gasteiger partial charge on any atom is 0.337 e. The predicted molar refractivity (Wildman–Crippen MR) is 82.6 cm³/mol. The highest BCUT2D eigenvalue weighted by molar-refractivity contribution is 7.92. The summed E-state index contributed by atoms with van der Waals surface area (Å²) in [7, 11) is -4.09. The molecular weight excluding hydrogens is 363 g/mol. The number of aromatic carboxylic acids is 1. The molecule has 1 aromatic carbocycles. The number of sulfonamides is 1. The number of fused-ring (bicyclic) bond motifs is 1. The Labute approximate surface area is 141 Å². The van der Waals surface area contributed by atoms with Crippen LogP contribution in [0.3, 0.4) is 0 Å². The van der Waals surface area contributed by atoms with Crippen molar-refractivity contribution in [2.45, 2.75) is 4.90 Å². The van der Waals surface area contributed by atoms with Gasteiger partial charge >= 0.3 is 5.97 Å². The van der Waals surface area contributed by atoms with E-state index in [1.165, 1.54) is 0 Å². The fraction of sp³-hybridized carbons (Fsp3) is 0.143. The van der Waals surface area contributed by atoms with Crippen molar-refractivity contribution in [2.75, 3.05) is 17.5 Å². The zero-order chi connectivity index (χ0) is 17.5. The summed E-state index contributed by atoms with van der Waals surface area (Å²) in [4.78, 5) is 14.7. The molecule has 2 aromatic rings.